The second-order valence-electron chi connectivity index (χ2n) is 10.2. The zero-order chi connectivity index (χ0) is 32.1. The summed E-state index contributed by atoms with van der Waals surface area (Å²) in [6.07, 6.45) is 11.4. The molecule has 0 aliphatic carbocycles. The highest BCUT2D eigenvalue weighted by Crippen LogP contribution is 2.30. The summed E-state index contributed by atoms with van der Waals surface area (Å²) >= 11 is 12.6. The normalized spacial score (nSPS) is 10.9. The van der Waals surface area contributed by atoms with Gasteiger partial charge in [-0.05, 0) is 60.0 Å². The Kier molecular flexibility index (Phi) is 9.34. The van der Waals surface area contributed by atoms with Crippen LogP contribution in [0.25, 0.3) is 60.3 Å². The van der Waals surface area contributed by atoms with Crippen LogP contribution in [0.4, 0.5) is 0 Å². The Morgan fingerprint density at radius 3 is 2.02 bits per heavy atom. The molecule has 0 saturated carbocycles. The van der Waals surface area contributed by atoms with E-state index in [9.17, 15) is 4.79 Å². The van der Waals surface area contributed by atoms with Crippen LogP contribution in [0.5, 0.6) is 0 Å². The van der Waals surface area contributed by atoms with E-state index in [0.29, 0.717) is 39.8 Å². The minimum Gasteiger partial charge on any atom is -0.332 e. The summed E-state index contributed by atoms with van der Waals surface area (Å²) < 4.78 is 3.77. The molecule has 0 unspecified atom stereocenters. The first-order valence-corrected chi connectivity index (χ1v) is 14.5. The molecule has 4 heterocycles. The summed E-state index contributed by atoms with van der Waals surface area (Å²) in [7, 11) is 3.81. The number of carbonyl (C=O) groups is 1. The molecule has 0 aliphatic heterocycles. The number of pyridine rings is 2. The quantitative estimate of drug-likeness (QED) is 0.137. The number of hydrogen-bond donors (Lipinski definition) is 0. The van der Waals surface area contributed by atoms with Crippen molar-refractivity contribution in [2.75, 3.05) is 6.54 Å². The van der Waals surface area contributed by atoms with Crippen LogP contribution in [0.2, 0.25) is 10.0 Å². The molecule has 0 aliphatic rings. The Bertz CT molecular complexity index is 2180. The van der Waals surface area contributed by atoms with E-state index in [1.165, 1.54) is 6.20 Å². The van der Waals surface area contributed by atoms with E-state index in [0.717, 1.165) is 56.3 Å². The van der Waals surface area contributed by atoms with Gasteiger partial charge in [0.15, 0.2) is 12.5 Å². The predicted octanol–water partition coefficient (Wildman–Crippen LogP) is 8.05. The highest BCUT2D eigenvalue weighted by molar-refractivity contribution is 6.33. The molecule has 0 saturated heterocycles. The number of aldehydes is 1. The summed E-state index contributed by atoms with van der Waals surface area (Å²) in [5.74, 6) is 0. The first kappa shape index (κ1) is 31.1. The summed E-state index contributed by atoms with van der Waals surface area (Å²) in [6.45, 7) is 16.1. The Hall–Kier alpha value is -5.35. The zero-order valence-electron chi connectivity index (χ0n) is 24.7. The average Bonchev–Trinajstić information content (AvgIpc) is 3.66. The average molecular weight is 634 g/mol. The summed E-state index contributed by atoms with van der Waals surface area (Å²) in [5, 5.41) is 2.92. The first-order valence-electron chi connectivity index (χ1n) is 13.7. The molecule has 45 heavy (non-hydrogen) atoms. The molecule has 2 aromatic carbocycles. The van der Waals surface area contributed by atoms with Crippen molar-refractivity contribution in [2.24, 2.45) is 14.1 Å². The lowest BCUT2D eigenvalue weighted by molar-refractivity contribution is 0.112. The number of rotatable bonds is 6. The molecule has 0 amide bonds. The third-order valence-corrected chi connectivity index (χ3v) is 7.93. The first-order chi connectivity index (χ1) is 21.7. The van der Waals surface area contributed by atoms with Crippen molar-refractivity contribution in [3.8, 4) is 22.8 Å². The number of fused-ring (bicyclic) bond motifs is 2. The summed E-state index contributed by atoms with van der Waals surface area (Å²) in [5.41, 5.74) is 8.14. The number of imidazole rings is 2. The van der Waals surface area contributed by atoms with Crippen molar-refractivity contribution in [1.82, 2.24) is 29.1 Å². The van der Waals surface area contributed by atoms with E-state index in [4.69, 9.17) is 41.3 Å². The van der Waals surface area contributed by atoms with Gasteiger partial charge < -0.3 is 14.0 Å². The number of aryl methyl sites for hydroxylation is 3. The van der Waals surface area contributed by atoms with Crippen LogP contribution in [0.3, 0.4) is 0 Å². The zero-order valence-corrected chi connectivity index (χ0v) is 26.2. The molecule has 0 N–H and O–H groups in total. The lowest BCUT2D eigenvalue weighted by Crippen LogP contribution is -1.97. The summed E-state index contributed by atoms with van der Waals surface area (Å²) in [4.78, 5) is 35.6. The second kappa shape index (κ2) is 13.5. The van der Waals surface area contributed by atoms with Crippen LogP contribution in [-0.2, 0) is 20.5 Å². The molecular formula is C34H26Cl2N8O. The number of carbonyl (C=O) groups excluding carboxylic acids is 1. The Morgan fingerprint density at radius 2 is 1.44 bits per heavy atom. The number of nitrogens with zero attached hydrogens (tertiary/aromatic N) is 8. The van der Waals surface area contributed by atoms with E-state index in [-0.39, 0.29) is 0 Å². The van der Waals surface area contributed by atoms with Gasteiger partial charge in [-0.2, -0.15) is 0 Å². The molecule has 9 nitrogen and oxygen atoms in total. The molecule has 6 aromatic rings. The molecule has 6 rings (SSSR count). The Morgan fingerprint density at radius 1 is 0.822 bits per heavy atom. The fourth-order valence-electron chi connectivity index (χ4n) is 4.93. The molecule has 0 atom stereocenters. The van der Waals surface area contributed by atoms with Crippen LogP contribution in [0.1, 0.15) is 27.0 Å². The van der Waals surface area contributed by atoms with Crippen molar-refractivity contribution in [2.45, 2.75) is 13.3 Å². The van der Waals surface area contributed by atoms with Crippen LogP contribution >= 0.6 is 23.2 Å². The van der Waals surface area contributed by atoms with Crippen molar-refractivity contribution < 1.29 is 4.79 Å². The van der Waals surface area contributed by atoms with Gasteiger partial charge in [0, 0.05) is 46.9 Å². The van der Waals surface area contributed by atoms with E-state index in [1.807, 2.05) is 54.4 Å². The maximum atomic E-state index is 11.5. The number of hydrogen-bond acceptors (Lipinski definition) is 5. The molecule has 11 heteroatoms. The molecule has 0 spiro atoms. The van der Waals surface area contributed by atoms with Gasteiger partial charge in [0.2, 0.25) is 6.54 Å². The monoisotopic (exact) mass is 632 g/mol. The number of benzene rings is 2. The van der Waals surface area contributed by atoms with Crippen molar-refractivity contribution in [3.05, 3.63) is 123 Å². The van der Waals surface area contributed by atoms with Crippen LogP contribution < -0.4 is 0 Å². The summed E-state index contributed by atoms with van der Waals surface area (Å²) in [6, 6.07) is 11.2. The standard InChI is InChI=1S/C17H13ClN4O.C17H13ClN4/c1-19-4-3-11-5-13-12(9-23)6-16(17-8-20-10-22(17)2)21-15(13)7-14(11)18;1-11-6-16(17-9-20-10-22(17)3)21-15-8-14(18)12(4-5-19-2)7-13(11)15/h5-10H,3-4H2,2H3;4-10H,1,3H3/b;5-4+. The van der Waals surface area contributed by atoms with Gasteiger partial charge >= 0.3 is 0 Å². The molecule has 0 radical (unpaired) electrons. The van der Waals surface area contributed by atoms with Crippen molar-refractivity contribution in [1.29, 1.82) is 0 Å². The molecular weight excluding hydrogens is 607 g/mol. The van der Waals surface area contributed by atoms with Gasteiger partial charge in [0.1, 0.15) is 0 Å². The fourth-order valence-corrected chi connectivity index (χ4v) is 5.41. The van der Waals surface area contributed by atoms with E-state index in [1.54, 1.807) is 43.3 Å². The van der Waals surface area contributed by atoms with Gasteiger partial charge in [-0.3, -0.25) is 4.79 Å². The lowest BCUT2D eigenvalue weighted by Gasteiger charge is -2.09. The maximum Gasteiger partial charge on any atom is 0.218 e. The number of aromatic nitrogens is 6. The van der Waals surface area contributed by atoms with E-state index in [2.05, 4.69) is 24.6 Å². The van der Waals surface area contributed by atoms with Gasteiger partial charge in [0.25, 0.3) is 0 Å². The van der Waals surface area contributed by atoms with Crippen molar-refractivity contribution in [3.63, 3.8) is 0 Å². The van der Waals surface area contributed by atoms with E-state index < -0.39 is 0 Å². The molecule has 0 bridgehead atoms. The molecule has 222 valence electrons. The Labute approximate surface area is 270 Å². The Balaban J connectivity index is 0.000000178. The van der Waals surface area contributed by atoms with Gasteiger partial charge in [0.05, 0.1) is 65.4 Å². The molecule has 0 fully saturated rings. The lowest BCUT2D eigenvalue weighted by atomic mass is 10.0. The highest BCUT2D eigenvalue weighted by atomic mass is 35.5. The topological polar surface area (TPSA) is 87.2 Å². The number of halogens is 2. The van der Waals surface area contributed by atoms with Crippen LogP contribution in [0, 0.1) is 20.1 Å². The smallest absolute Gasteiger partial charge is 0.218 e. The SMILES string of the molecule is [C-]#[N+]/C=C/c1cc2c(C)cc(-c3cncn3C)nc2cc1Cl.[C-]#[N+]CCc1cc2c(C=O)cc(-c3cncn3C)nc2cc1Cl. The van der Waals surface area contributed by atoms with Crippen molar-refractivity contribution >= 4 is 57.4 Å². The van der Waals surface area contributed by atoms with Gasteiger partial charge in [-0.15, -0.1) is 0 Å². The maximum absolute atomic E-state index is 11.5. The van der Waals surface area contributed by atoms with Crippen LogP contribution in [-0.4, -0.2) is 41.9 Å². The second-order valence-corrected chi connectivity index (χ2v) is 11.1. The third kappa shape index (κ3) is 6.61. The van der Waals surface area contributed by atoms with Gasteiger partial charge in [-0.1, -0.05) is 29.3 Å². The fraction of sp³-hybridized carbons (Fsp3) is 0.147. The minimum absolute atomic E-state index is 0.363. The highest BCUT2D eigenvalue weighted by Gasteiger charge is 2.13. The molecule has 4 aromatic heterocycles. The predicted molar refractivity (Wildman–Crippen MR) is 179 cm³/mol. The van der Waals surface area contributed by atoms with Crippen LogP contribution in [0.15, 0.2) is 67.6 Å². The van der Waals surface area contributed by atoms with Gasteiger partial charge in [-0.25, -0.2) is 31.4 Å². The minimum atomic E-state index is 0.363. The van der Waals surface area contributed by atoms with E-state index >= 15 is 0 Å². The third-order valence-electron chi connectivity index (χ3n) is 7.25. The largest absolute Gasteiger partial charge is 0.332 e.